The lowest BCUT2D eigenvalue weighted by atomic mass is 10.1. The number of rotatable bonds is 6. The number of nitrogens with zero attached hydrogens (tertiary/aromatic N) is 3. The summed E-state index contributed by atoms with van der Waals surface area (Å²) in [5.41, 5.74) is 2.14. The average molecular weight is 400 g/mol. The Hall–Kier alpha value is -1.76. The molecule has 1 amide bonds. The molecule has 0 saturated carbocycles. The van der Waals surface area contributed by atoms with Gasteiger partial charge in [0.1, 0.15) is 6.04 Å². The lowest BCUT2D eigenvalue weighted by molar-refractivity contribution is -0.123. The molecule has 0 bridgehead atoms. The average Bonchev–Trinajstić information content (AvgIpc) is 3.24. The van der Waals surface area contributed by atoms with Crippen molar-refractivity contribution in [2.75, 3.05) is 31.6 Å². The van der Waals surface area contributed by atoms with Gasteiger partial charge in [0.15, 0.2) is 0 Å². The van der Waals surface area contributed by atoms with Gasteiger partial charge in [0.2, 0.25) is 5.91 Å². The highest BCUT2D eigenvalue weighted by molar-refractivity contribution is 5.85. The zero-order valence-electron chi connectivity index (χ0n) is 15.1. The minimum atomic E-state index is -0.356. The molecule has 2 aromatic rings. The van der Waals surface area contributed by atoms with Crippen molar-refractivity contribution >= 4 is 36.4 Å². The van der Waals surface area contributed by atoms with E-state index in [0.717, 1.165) is 25.1 Å². The maximum Gasteiger partial charge on any atom is 0.241 e. The Balaban J connectivity index is 0.00000169. The molecule has 1 aliphatic heterocycles. The van der Waals surface area contributed by atoms with Crippen molar-refractivity contribution in [3.63, 3.8) is 0 Å². The molecule has 1 aromatic heterocycles. The third-order valence-electron chi connectivity index (χ3n) is 4.58. The van der Waals surface area contributed by atoms with Crippen LogP contribution in [0.2, 0.25) is 0 Å². The van der Waals surface area contributed by atoms with E-state index < -0.39 is 0 Å². The molecule has 2 N–H and O–H groups in total. The van der Waals surface area contributed by atoms with Crippen molar-refractivity contribution in [1.29, 1.82) is 0 Å². The number of hydrogen-bond donors (Lipinski definition) is 2. The van der Waals surface area contributed by atoms with Crippen molar-refractivity contribution in [1.82, 2.24) is 20.4 Å². The Bertz CT molecular complexity index is 679. The molecule has 2 heterocycles. The topological polar surface area (TPSA) is 62.2 Å². The lowest BCUT2D eigenvalue weighted by Crippen LogP contribution is -2.38. The van der Waals surface area contributed by atoms with Crippen LogP contribution in [0.1, 0.15) is 18.0 Å². The zero-order valence-corrected chi connectivity index (χ0v) is 16.7. The zero-order chi connectivity index (χ0) is 16.9. The molecule has 1 aromatic carbocycles. The second-order valence-corrected chi connectivity index (χ2v) is 6.35. The highest BCUT2D eigenvalue weighted by Crippen LogP contribution is 2.23. The van der Waals surface area contributed by atoms with Crippen LogP contribution in [0.4, 0.5) is 5.69 Å². The summed E-state index contributed by atoms with van der Waals surface area (Å²) in [6.45, 7) is 2.74. The predicted octanol–water partition coefficient (Wildman–Crippen LogP) is 2.17. The number of para-hydroxylation sites is 1. The highest BCUT2D eigenvalue weighted by Gasteiger charge is 2.25. The highest BCUT2D eigenvalue weighted by atomic mass is 35.5. The van der Waals surface area contributed by atoms with Crippen LogP contribution < -0.4 is 15.5 Å². The lowest BCUT2D eigenvalue weighted by Gasteiger charge is -2.19. The number of aromatic nitrogens is 2. The molecule has 144 valence electrons. The number of hydrogen-bond acceptors (Lipinski definition) is 4. The summed E-state index contributed by atoms with van der Waals surface area (Å²) in [7, 11) is 3.65. The molecule has 1 aliphatic rings. The van der Waals surface area contributed by atoms with Crippen molar-refractivity contribution in [3.05, 3.63) is 48.3 Å². The maximum absolute atomic E-state index is 12.5. The predicted molar refractivity (Wildman–Crippen MR) is 109 cm³/mol. The van der Waals surface area contributed by atoms with Gasteiger partial charge in [-0.15, -0.1) is 24.8 Å². The second-order valence-electron chi connectivity index (χ2n) is 6.35. The molecular weight excluding hydrogens is 373 g/mol. The van der Waals surface area contributed by atoms with Gasteiger partial charge in [-0.05, 0) is 31.5 Å². The molecular formula is C18H27Cl2N5O. The van der Waals surface area contributed by atoms with Gasteiger partial charge < -0.3 is 15.5 Å². The molecule has 0 spiro atoms. The van der Waals surface area contributed by atoms with E-state index in [0.29, 0.717) is 12.5 Å². The van der Waals surface area contributed by atoms with Crippen LogP contribution in [0.15, 0.2) is 42.7 Å². The number of likely N-dealkylation sites (N-methyl/N-ethyl adjacent to an activating group) is 1. The maximum atomic E-state index is 12.5. The van der Waals surface area contributed by atoms with Gasteiger partial charge in [-0.1, -0.05) is 18.2 Å². The minimum absolute atomic E-state index is 0. The number of nitrogens with one attached hydrogen (secondary N) is 2. The molecule has 6 nitrogen and oxygen atoms in total. The van der Waals surface area contributed by atoms with Crippen LogP contribution in [-0.4, -0.2) is 42.4 Å². The smallest absolute Gasteiger partial charge is 0.241 e. The third-order valence-corrected chi connectivity index (χ3v) is 4.58. The summed E-state index contributed by atoms with van der Waals surface area (Å²) in [6.07, 6.45) is 4.70. The van der Waals surface area contributed by atoms with E-state index in [1.54, 1.807) is 17.9 Å². The summed E-state index contributed by atoms with van der Waals surface area (Å²) in [5, 5.41) is 10.3. The number of benzene rings is 1. The number of amides is 1. The molecule has 26 heavy (non-hydrogen) atoms. The van der Waals surface area contributed by atoms with Gasteiger partial charge in [-0.25, -0.2) is 0 Å². The monoisotopic (exact) mass is 399 g/mol. The van der Waals surface area contributed by atoms with Crippen LogP contribution in [0.25, 0.3) is 0 Å². The number of carbonyl (C=O) groups excluding carboxylic acids is 1. The van der Waals surface area contributed by atoms with Crippen molar-refractivity contribution in [2.45, 2.75) is 12.5 Å². The molecule has 2 atom stereocenters. The van der Waals surface area contributed by atoms with Crippen LogP contribution in [-0.2, 0) is 11.8 Å². The Morgan fingerprint density at radius 1 is 1.31 bits per heavy atom. The molecule has 3 rings (SSSR count). The van der Waals surface area contributed by atoms with Gasteiger partial charge in [0.05, 0.1) is 6.20 Å². The molecule has 1 fully saturated rings. The van der Waals surface area contributed by atoms with Gasteiger partial charge >= 0.3 is 0 Å². The summed E-state index contributed by atoms with van der Waals surface area (Å²) in [5.74, 6) is 0.490. The van der Waals surface area contributed by atoms with Gasteiger partial charge in [-0.2, -0.15) is 5.10 Å². The van der Waals surface area contributed by atoms with Gasteiger partial charge in [0.25, 0.3) is 0 Å². The van der Waals surface area contributed by atoms with Crippen LogP contribution in [0.3, 0.4) is 0 Å². The molecule has 1 saturated heterocycles. The van der Waals surface area contributed by atoms with Gasteiger partial charge in [0, 0.05) is 44.1 Å². The van der Waals surface area contributed by atoms with E-state index in [9.17, 15) is 4.79 Å². The van der Waals surface area contributed by atoms with E-state index in [-0.39, 0.29) is 36.8 Å². The molecule has 0 aliphatic carbocycles. The van der Waals surface area contributed by atoms with Crippen LogP contribution >= 0.6 is 24.8 Å². The fraction of sp³-hybridized carbons (Fsp3) is 0.444. The fourth-order valence-electron chi connectivity index (χ4n) is 3.26. The summed E-state index contributed by atoms with van der Waals surface area (Å²) in [6, 6.07) is 10.1. The SMILES string of the molecule is CNC(C(=O)NCC1CCN(c2ccccc2)C1)c1cnn(C)c1.Cl.Cl. The number of anilines is 1. The van der Waals surface area contributed by atoms with E-state index in [4.69, 9.17) is 0 Å². The van der Waals surface area contributed by atoms with Crippen LogP contribution in [0, 0.1) is 5.92 Å². The van der Waals surface area contributed by atoms with E-state index in [1.807, 2.05) is 19.3 Å². The van der Waals surface area contributed by atoms with E-state index >= 15 is 0 Å². The number of aryl methyl sites for hydroxylation is 1. The van der Waals surface area contributed by atoms with Crippen molar-refractivity contribution in [2.24, 2.45) is 13.0 Å². The minimum Gasteiger partial charge on any atom is -0.371 e. The summed E-state index contributed by atoms with van der Waals surface area (Å²) >= 11 is 0. The Morgan fingerprint density at radius 3 is 2.65 bits per heavy atom. The largest absolute Gasteiger partial charge is 0.371 e. The standard InChI is InChI=1S/C18H25N5O.2ClH/c1-19-17(15-11-21-22(2)13-15)18(24)20-10-14-8-9-23(12-14)16-6-4-3-5-7-16;;/h3-7,11,13-14,17,19H,8-10,12H2,1-2H3,(H,20,24);2*1H. The van der Waals surface area contributed by atoms with Gasteiger partial charge in [-0.3, -0.25) is 9.48 Å². The third kappa shape index (κ3) is 5.37. The quantitative estimate of drug-likeness (QED) is 0.780. The van der Waals surface area contributed by atoms with Crippen molar-refractivity contribution in [3.8, 4) is 0 Å². The Labute approximate surface area is 167 Å². The summed E-state index contributed by atoms with van der Waals surface area (Å²) < 4.78 is 1.71. The first kappa shape index (κ1) is 22.3. The van der Waals surface area contributed by atoms with Crippen molar-refractivity contribution < 1.29 is 4.79 Å². The molecule has 8 heteroatoms. The molecule has 0 radical (unpaired) electrons. The first-order valence-corrected chi connectivity index (χ1v) is 8.41. The fourth-order valence-corrected chi connectivity index (χ4v) is 3.26. The summed E-state index contributed by atoms with van der Waals surface area (Å²) in [4.78, 5) is 14.9. The van der Waals surface area contributed by atoms with E-state index in [1.165, 1.54) is 5.69 Å². The number of halogens is 2. The number of carbonyl (C=O) groups is 1. The second kappa shape index (κ2) is 10.4. The molecule has 2 unspecified atom stereocenters. The Morgan fingerprint density at radius 2 is 2.04 bits per heavy atom. The normalized spacial score (nSPS) is 17.2. The first-order chi connectivity index (χ1) is 11.7. The first-order valence-electron chi connectivity index (χ1n) is 8.41. The van der Waals surface area contributed by atoms with E-state index in [2.05, 4.69) is 44.9 Å². The Kier molecular flexibility index (Phi) is 8.92. The van der Waals surface area contributed by atoms with Crippen LogP contribution in [0.5, 0.6) is 0 Å².